The molecular formula is C13H17F3N2O2. The number of halogens is 3. The normalized spacial score (nSPS) is 14.5. The van der Waals surface area contributed by atoms with Gasteiger partial charge in [-0.3, -0.25) is 4.79 Å². The number of nitrogens with one attached hydrogen (secondary N) is 1. The minimum absolute atomic E-state index is 0.104. The molecule has 2 unspecified atom stereocenters. The third kappa shape index (κ3) is 5.08. The van der Waals surface area contributed by atoms with E-state index in [1.54, 1.807) is 0 Å². The first-order chi connectivity index (χ1) is 9.23. The molecule has 1 aromatic rings. The zero-order chi connectivity index (χ0) is 15.3. The topological polar surface area (TPSA) is 64.3 Å². The van der Waals surface area contributed by atoms with Gasteiger partial charge >= 0.3 is 6.36 Å². The monoisotopic (exact) mass is 290 g/mol. The summed E-state index contributed by atoms with van der Waals surface area (Å²) < 4.78 is 39.7. The molecule has 0 aromatic heterocycles. The summed E-state index contributed by atoms with van der Waals surface area (Å²) in [5.74, 6) is -0.624. The van der Waals surface area contributed by atoms with E-state index >= 15 is 0 Å². The predicted molar refractivity (Wildman–Crippen MR) is 68.3 cm³/mol. The summed E-state index contributed by atoms with van der Waals surface area (Å²) >= 11 is 0. The van der Waals surface area contributed by atoms with Crippen molar-refractivity contribution >= 4 is 5.91 Å². The van der Waals surface area contributed by atoms with E-state index in [1.807, 2.05) is 13.8 Å². The third-order valence-electron chi connectivity index (χ3n) is 2.93. The van der Waals surface area contributed by atoms with E-state index < -0.39 is 6.36 Å². The summed E-state index contributed by atoms with van der Waals surface area (Å²) in [7, 11) is 0. The highest BCUT2D eigenvalue weighted by Gasteiger charge is 2.31. The summed E-state index contributed by atoms with van der Waals surface area (Å²) in [5, 5.41) is 2.73. The number of carbonyl (C=O) groups excluding carboxylic acids is 1. The fourth-order valence-electron chi connectivity index (χ4n) is 1.44. The van der Waals surface area contributed by atoms with Crippen molar-refractivity contribution in [2.45, 2.75) is 26.3 Å². The number of benzene rings is 1. The average Bonchev–Trinajstić information content (AvgIpc) is 2.36. The molecule has 2 atom stereocenters. The Hall–Kier alpha value is -1.76. The van der Waals surface area contributed by atoms with Crippen molar-refractivity contribution in [2.75, 3.05) is 6.54 Å². The molecule has 4 nitrogen and oxygen atoms in total. The quantitative estimate of drug-likeness (QED) is 0.874. The first kappa shape index (κ1) is 16.3. The number of hydrogen-bond donors (Lipinski definition) is 2. The molecule has 1 aromatic carbocycles. The maximum Gasteiger partial charge on any atom is 0.573 e. The molecule has 0 saturated heterocycles. The van der Waals surface area contributed by atoms with E-state index in [4.69, 9.17) is 5.73 Å². The minimum atomic E-state index is -4.74. The molecule has 0 bridgehead atoms. The Morgan fingerprint density at radius 2 is 1.85 bits per heavy atom. The van der Waals surface area contributed by atoms with Crippen LogP contribution in [0.15, 0.2) is 24.3 Å². The molecule has 7 heteroatoms. The van der Waals surface area contributed by atoms with Gasteiger partial charge in [0.25, 0.3) is 5.91 Å². The third-order valence-corrected chi connectivity index (χ3v) is 2.93. The van der Waals surface area contributed by atoms with Crippen LogP contribution in [0, 0.1) is 5.92 Å². The Bertz CT molecular complexity index is 446. The van der Waals surface area contributed by atoms with Gasteiger partial charge in [0.05, 0.1) is 0 Å². The number of amides is 1. The Balaban J connectivity index is 2.66. The van der Waals surface area contributed by atoms with Crippen LogP contribution < -0.4 is 15.8 Å². The smallest absolute Gasteiger partial charge is 0.406 e. The molecule has 112 valence electrons. The lowest BCUT2D eigenvalue weighted by Crippen LogP contribution is -2.39. The van der Waals surface area contributed by atoms with Crippen LogP contribution in [-0.4, -0.2) is 24.9 Å². The first-order valence-corrected chi connectivity index (χ1v) is 6.09. The van der Waals surface area contributed by atoms with E-state index in [1.165, 1.54) is 12.1 Å². The Labute approximate surface area is 115 Å². The van der Waals surface area contributed by atoms with Crippen molar-refractivity contribution in [3.63, 3.8) is 0 Å². The van der Waals surface area contributed by atoms with E-state index in [2.05, 4.69) is 10.1 Å². The first-order valence-electron chi connectivity index (χ1n) is 6.09. The van der Waals surface area contributed by atoms with Gasteiger partial charge in [0.2, 0.25) is 0 Å². The van der Waals surface area contributed by atoms with Crippen LogP contribution in [0.25, 0.3) is 0 Å². The van der Waals surface area contributed by atoms with Crippen LogP contribution in [0.5, 0.6) is 5.75 Å². The van der Waals surface area contributed by atoms with Gasteiger partial charge in [0.15, 0.2) is 0 Å². The molecule has 0 heterocycles. The van der Waals surface area contributed by atoms with Gasteiger partial charge in [-0.1, -0.05) is 6.92 Å². The number of hydrogen-bond acceptors (Lipinski definition) is 3. The maximum atomic E-state index is 12.0. The van der Waals surface area contributed by atoms with Crippen molar-refractivity contribution in [3.05, 3.63) is 29.8 Å². The molecule has 0 aliphatic heterocycles. The standard InChI is InChI=1S/C13H17F3N2O2/c1-8(7-17)9(2)18-12(19)10-3-5-11(6-4-10)20-13(14,15)16/h3-6,8-9H,7,17H2,1-2H3,(H,18,19). The van der Waals surface area contributed by atoms with Gasteiger partial charge in [-0.2, -0.15) is 0 Å². The lowest BCUT2D eigenvalue weighted by atomic mass is 10.0. The summed E-state index contributed by atoms with van der Waals surface area (Å²) in [5.41, 5.74) is 5.75. The molecular weight excluding hydrogens is 273 g/mol. The van der Waals surface area contributed by atoms with E-state index in [0.29, 0.717) is 6.54 Å². The summed E-state index contributed by atoms with van der Waals surface area (Å²) in [6.45, 7) is 4.14. The van der Waals surface area contributed by atoms with Gasteiger partial charge in [-0.05, 0) is 43.7 Å². The molecule has 0 aliphatic carbocycles. The average molecular weight is 290 g/mol. The van der Waals surface area contributed by atoms with Crippen LogP contribution in [0.4, 0.5) is 13.2 Å². The molecule has 0 saturated carbocycles. The van der Waals surface area contributed by atoms with Gasteiger partial charge in [0.1, 0.15) is 5.75 Å². The summed E-state index contributed by atoms with van der Waals surface area (Å²) in [6, 6.07) is 4.62. The Morgan fingerprint density at radius 3 is 2.30 bits per heavy atom. The molecule has 0 fully saturated rings. The molecule has 1 rings (SSSR count). The number of alkyl halides is 3. The van der Waals surface area contributed by atoms with Crippen molar-refractivity contribution in [1.29, 1.82) is 0 Å². The fourth-order valence-corrected chi connectivity index (χ4v) is 1.44. The van der Waals surface area contributed by atoms with Crippen molar-refractivity contribution in [2.24, 2.45) is 11.7 Å². The fraction of sp³-hybridized carbons (Fsp3) is 0.462. The van der Waals surface area contributed by atoms with E-state index in [9.17, 15) is 18.0 Å². The van der Waals surface area contributed by atoms with Crippen molar-refractivity contribution in [3.8, 4) is 5.75 Å². The van der Waals surface area contributed by atoms with Crippen molar-refractivity contribution in [1.82, 2.24) is 5.32 Å². The second-order valence-electron chi connectivity index (χ2n) is 4.55. The summed E-state index contributed by atoms with van der Waals surface area (Å²) in [6.07, 6.45) is -4.74. The highest BCUT2D eigenvalue weighted by Crippen LogP contribution is 2.22. The Kier molecular flexibility index (Phi) is 5.38. The number of carbonyl (C=O) groups is 1. The molecule has 0 radical (unpaired) electrons. The number of ether oxygens (including phenoxy) is 1. The second-order valence-corrected chi connectivity index (χ2v) is 4.55. The number of nitrogens with two attached hydrogens (primary N) is 1. The van der Waals surface area contributed by atoms with Gasteiger partial charge < -0.3 is 15.8 Å². The molecule has 0 spiro atoms. The molecule has 0 aliphatic rings. The molecule has 1 amide bonds. The van der Waals surface area contributed by atoms with Gasteiger partial charge in [-0.15, -0.1) is 13.2 Å². The zero-order valence-electron chi connectivity index (χ0n) is 11.2. The van der Waals surface area contributed by atoms with Gasteiger partial charge in [-0.25, -0.2) is 0 Å². The predicted octanol–water partition coefficient (Wildman–Crippen LogP) is 2.30. The largest absolute Gasteiger partial charge is 0.573 e. The highest BCUT2D eigenvalue weighted by molar-refractivity contribution is 5.94. The maximum absolute atomic E-state index is 12.0. The van der Waals surface area contributed by atoms with Crippen LogP contribution >= 0.6 is 0 Å². The van der Waals surface area contributed by atoms with Crippen molar-refractivity contribution < 1.29 is 22.7 Å². The zero-order valence-corrected chi connectivity index (χ0v) is 11.2. The molecule has 3 N–H and O–H groups in total. The minimum Gasteiger partial charge on any atom is -0.406 e. The number of rotatable bonds is 5. The SMILES string of the molecule is CC(CN)C(C)NC(=O)c1ccc(OC(F)(F)F)cc1. The Morgan fingerprint density at radius 1 is 1.30 bits per heavy atom. The molecule has 20 heavy (non-hydrogen) atoms. The van der Waals surface area contributed by atoms with E-state index in [0.717, 1.165) is 12.1 Å². The second kappa shape index (κ2) is 6.60. The van der Waals surface area contributed by atoms with Crippen LogP contribution in [0.1, 0.15) is 24.2 Å². The van der Waals surface area contributed by atoms with Crippen LogP contribution in [-0.2, 0) is 0 Å². The van der Waals surface area contributed by atoms with Crippen LogP contribution in [0.3, 0.4) is 0 Å². The summed E-state index contributed by atoms with van der Waals surface area (Å²) in [4.78, 5) is 11.9. The highest BCUT2D eigenvalue weighted by atomic mass is 19.4. The van der Waals surface area contributed by atoms with E-state index in [-0.39, 0.29) is 29.2 Å². The lowest BCUT2D eigenvalue weighted by molar-refractivity contribution is -0.274. The van der Waals surface area contributed by atoms with Crippen LogP contribution in [0.2, 0.25) is 0 Å². The van der Waals surface area contributed by atoms with Gasteiger partial charge in [0, 0.05) is 11.6 Å². The lowest BCUT2D eigenvalue weighted by Gasteiger charge is -2.19.